The van der Waals surface area contributed by atoms with Gasteiger partial charge in [-0.05, 0) is 38.5 Å². The van der Waals surface area contributed by atoms with Crippen LogP contribution in [0.4, 0.5) is 5.95 Å². The van der Waals surface area contributed by atoms with Gasteiger partial charge in [0.25, 0.3) is 5.56 Å². The maximum absolute atomic E-state index is 12.2. The first kappa shape index (κ1) is 12.7. The zero-order chi connectivity index (χ0) is 13.1. The zero-order valence-electron chi connectivity index (χ0n) is 11.6. The molecule has 4 heteroatoms. The molecule has 1 saturated heterocycles. The van der Waals surface area contributed by atoms with Crippen LogP contribution in [0.3, 0.4) is 0 Å². The lowest BCUT2D eigenvalue weighted by Crippen LogP contribution is -2.30. The van der Waals surface area contributed by atoms with Crippen LogP contribution in [-0.2, 0) is 12.8 Å². The molecule has 0 aromatic carbocycles. The van der Waals surface area contributed by atoms with Gasteiger partial charge >= 0.3 is 0 Å². The van der Waals surface area contributed by atoms with Crippen molar-refractivity contribution in [3.05, 3.63) is 21.6 Å². The smallest absolute Gasteiger partial charge is 0.255 e. The molecule has 0 amide bonds. The van der Waals surface area contributed by atoms with Gasteiger partial charge in [0, 0.05) is 18.7 Å². The van der Waals surface area contributed by atoms with Crippen LogP contribution in [0.2, 0.25) is 0 Å². The highest BCUT2D eigenvalue weighted by Gasteiger charge is 2.18. The SMILES string of the molecule is O=c1[nH]c(N2CCCCCC2)nc2c1CCCCC2. The van der Waals surface area contributed by atoms with Crippen molar-refractivity contribution >= 4 is 5.95 Å². The van der Waals surface area contributed by atoms with E-state index in [9.17, 15) is 4.79 Å². The highest BCUT2D eigenvalue weighted by molar-refractivity contribution is 5.34. The van der Waals surface area contributed by atoms with Crippen molar-refractivity contribution in [3.8, 4) is 0 Å². The van der Waals surface area contributed by atoms with Gasteiger partial charge in [0.15, 0.2) is 0 Å². The summed E-state index contributed by atoms with van der Waals surface area (Å²) in [5.41, 5.74) is 2.10. The molecule has 4 nitrogen and oxygen atoms in total. The maximum Gasteiger partial charge on any atom is 0.255 e. The molecule has 0 radical (unpaired) electrons. The summed E-state index contributed by atoms with van der Waals surface area (Å²) in [7, 11) is 0. The molecule has 3 rings (SSSR count). The quantitative estimate of drug-likeness (QED) is 0.790. The third kappa shape index (κ3) is 2.82. The zero-order valence-corrected chi connectivity index (χ0v) is 11.6. The average Bonchev–Trinajstić information content (AvgIpc) is 2.81. The third-order valence-electron chi connectivity index (χ3n) is 4.33. The highest BCUT2D eigenvalue weighted by atomic mass is 16.1. The average molecular weight is 261 g/mol. The van der Waals surface area contributed by atoms with Crippen LogP contribution in [0.25, 0.3) is 0 Å². The number of fused-ring (bicyclic) bond motifs is 1. The molecule has 1 aliphatic carbocycles. The Labute approximate surface area is 114 Å². The van der Waals surface area contributed by atoms with Crippen molar-refractivity contribution < 1.29 is 0 Å². The number of nitrogens with one attached hydrogen (secondary N) is 1. The lowest BCUT2D eigenvalue weighted by atomic mass is 10.1. The molecule has 2 heterocycles. The molecule has 0 bridgehead atoms. The van der Waals surface area contributed by atoms with Crippen molar-refractivity contribution in [1.29, 1.82) is 0 Å². The first-order valence-electron chi connectivity index (χ1n) is 7.71. The van der Waals surface area contributed by atoms with E-state index in [4.69, 9.17) is 4.98 Å². The van der Waals surface area contributed by atoms with Crippen molar-refractivity contribution in [1.82, 2.24) is 9.97 Å². The van der Waals surface area contributed by atoms with Gasteiger partial charge in [0.1, 0.15) is 0 Å². The van der Waals surface area contributed by atoms with Gasteiger partial charge in [0.05, 0.1) is 5.69 Å². The van der Waals surface area contributed by atoms with Crippen LogP contribution in [0.1, 0.15) is 56.2 Å². The molecule has 1 N–H and O–H groups in total. The fourth-order valence-electron chi connectivity index (χ4n) is 3.20. The summed E-state index contributed by atoms with van der Waals surface area (Å²) < 4.78 is 0. The molecule has 104 valence electrons. The molecule has 0 spiro atoms. The van der Waals surface area contributed by atoms with E-state index in [0.717, 1.165) is 49.6 Å². The van der Waals surface area contributed by atoms with E-state index in [0.29, 0.717) is 0 Å². The monoisotopic (exact) mass is 261 g/mol. The number of hydrogen-bond donors (Lipinski definition) is 1. The minimum absolute atomic E-state index is 0.103. The predicted octanol–water partition coefficient (Wildman–Crippen LogP) is 2.42. The Bertz CT molecular complexity index is 487. The van der Waals surface area contributed by atoms with Gasteiger partial charge in [-0.25, -0.2) is 4.98 Å². The lowest BCUT2D eigenvalue weighted by molar-refractivity contribution is 0.707. The molecule has 1 aromatic heterocycles. The van der Waals surface area contributed by atoms with Crippen molar-refractivity contribution in [2.75, 3.05) is 18.0 Å². The van der Waals surface area contributed by atoms with Crippen molar-refractivity contribution in [2.45, 2.75) is 57.8 Å². The van der Waals surface area contributed by atoms with Crippen LogP contribution >= 0.6 is 0 Å². The fraction of sp³-hybridized carbons (Fsp3) is 0.733. The van der Waals surface area contributed by atoms with Gasteiger partial charge in [-0.2, -0.15) is 0 Å². The summed E-state index contributed by atoms with van der Waals surface area (Å²) in [5, 5.41) is 0. The molecular formula is C15H23N3O. The number of anilines is 1. The summed E-state index contributed by atoms with van der Waals surface area (Å²) in [6.45, 7) is 2.06. The van der Waals surface area contributed by atoms with Crippen molar-refractivity contribution in [3.63, 3.8) is 0 Å². The lowest BCUT2D eigenvalue weighted by Gasteiger charge is -2.21. The summed E-state index contributed by atoms with van der Waals surface area (Å²) in [6, 6.07) is 0. The van der Waals surface area contributed by atoms with E-state index in [2.05, 4.69) is 9.88 Å². The number of aromatic amines is 1. The van der Waals surface area contributed by atoms with Crippen LogP contribution in [-0.4, -0.2) is 23.1 Å². The van der Waals surface area contributed by atoms with E-state index in [1.165, 1.54) is 38.5 Å². The second-order valence-electron chi connectivity index (χ2n) is 5.78. The van der Waals surface area contributed by atoms with Gasteiger partial charge in [0.2, 0.25) is 5.95 Å². The Morgan fingerprint density at radius 1 is 0.895 bits per heavy atom. The van der Waals surface area contributed by atoms with Gasteiger partial charge in [-0.15, -0.1) is 0 Å². The third-order valence-corrected chi connectivity index (χ3v) is 4.33. The summed E-state index contributed by atoms with van der Waals surface area (Å²) in [4.78, 5) is 22.3. The van der Waals surface area contributed by atoms with E-state index < -0.39 is 0 Å². The largest absolute Gasteiger partial charge is 0.342 e. The van der Waals surface area contributed by atoms with Gasteiger partial charge in [-0.3, -0.25) is 9.78 Å². The Morgan fingerprint density at radius 2 is 1.58 bits per heavy atom. The van der Waals surface area contributed by atoms with E-state index in [-0.39, 0.29) is 5.56 Å². The molecule has 0 unspecified atom stereocenters. The summed E-state index contributed by atoms with van der Waals surface area (Å²) in [5.74, 6) is 0.813. The predicted molar refractivity (Wildman–Crippen MR) is 76.8 cm³/mol. The summed E-state index contributed by atoms with van der Waals surface area (Å²) >= 11 is 0. The second kappa shape index (κ2) is 5.76. The molecule has 1 aromatic rings. The van der Waals surface area contributed by atoms with Crippen molar-refractivity contribution in [2.24, 2.45) is 0 Å². The number of aromatic nitrogens is 2. The number of rotatable bonds is 1. The second-order valence-corrected chi connectivity index (χ2v) is 5.78. The highest BCUT2D eigenvalue weighted by Crippen LogP contribution is 2.19. The number of hydrogen-bond acceptors (Lipinski definition) is 3. The minimum Gasteiger partial charge on any atom is -0.342 e. The molecule has 2 aliphatic rings. The van der Waals surface area contributed by atoms with Crippen LogP contribution in [0.15, 0.2) is 4.79 Å². The molecule has 0 atom stereocenters. The molecular weight excluding hydrogens is 238 g/mol. The van der Waals surface area contributed by atoms with E-state index >= 15 is 0 Å². The van der Waals surface area contributed by atoms with Crippen LogP contribution in [0, 0.1) is 0 Å². The number of H-pyrrole nitrogens is 1. The van der Waals surface area contributed by atoms with E-state index in [1.807, 2.05) is 0 Å². The van der Waals surface area contributed by atoms with Gasteiger partial charge in [-0.1, -0.05) is 19.3 Å². The summed E-state index contributed by atoms with van der Waals surface area (Å²) in [6.07, 6.45) is 10.4. The standard InChI is InChI=1S/C15H23N3O/c19-14-12-8-4-3-5-9-13(12)16-15(17-14)18-10-6-1-2-7-11-18/h1-11H2,(H,16,17,19). The Kier molecular flexibility index (Phi) is 3.85. The number of aryl methyl sites for hydroxylation is 1. The van der Waals surface area contributed by atoms with Gasteiger partial charge < -0.3 is 4.90 Å². The minimum atomic E-state index is 0.103. The van der Waals surface area contributed by atoms with Crippen LogP contribution < -0.4 is 10.5 Å². The number of nitrogens with zero attached hydrogens (tertiary/aromatic N) is 2. The fourth-order valence-corrected chi connectivity index (χ4v) is 3.20. The first-order chi connectivity index (χ1) is 9.34. The molecule has 0 saturated carbocycles. The molecule has 1 fully saturated rings. The topological polar surface area (TPSA) is 49.0 Å². The Balaban J connectivity index is 1.92. The van der Waals surface area contributed by atoms with Crippen LogP contribution in [0.5, 0.6) is 0 Å². The Morgan fingerprint density at radius 3 is 2.37 bits per heavy atom. The molecule has 19 heavy (non-hydrogen) atoms. The van der Waals surface area contributed by atoms with E-state index in [1.54, 1.807) is 0 Å². The normalized spacial score (nSPS) is 20.5. The molecule has 1 aliphatic heterocycles. The first-order valence-corrected chi connectivity index (χ1v) is 7.71. The maximum atomic E-state index is 12.2. The Hall–Kier alpha value is -1.32.